The summed E-state index contributed by atoms with van der Waals surface area (Å²) in [5, 5.41) is 12.4. The lowest BCUT2D eigenvalue weighted by Crippen LogP contribution is -2.27. The summed E-state index contributed by atoms with van der Waals surface area (Å²) in [6.45, 7) is 0.624. The van der Waals surface area contributed by atoms with Gasteiger partial charge in [0, 0.05) is 6.04 Å². The van der Waals surface area contributed by atoms with Gasteiger partial charge < -0.3 is 10.4 Å². The molecule has 4 heteroatoms. The van der Waals surface area contributed by atoms with E-state index < -0.39 is 11.6 Å². The molecule has 1 aromatic rings. The van der Waals surface area contributed by atoms with Crippen LogP contribution in [-0.2, 0) is 6.61 Å². The van der Waals surface area contributed by atoms with Crippen LogP contribution in [0.1, 0.15) is 36.4 Å². The third kappa shape index (κ3) is 2.23. The molecule has 1 aliphatic heterocycles. The summed E-state index contributed by atoms with van der Waals surface area (Å²) >= 11 is 0. The monoisotopic (exact) mass is 227 g/mol. The van der Waals surface area contributed by atoms with Crippen LogP contribution in [0.25, 0.3) is 0 Å². The third-order valence-corrected chi connectivity index (χ3v) is 3.04. The van der Waals surface area contributed by atoms with E-state index in [9.17, 15) is 8.78 Å². The molecule has 0 radical (unpaired) electrons. The van der Waals surface area contributed by atoms with Gasteiger partial charge in [0.25, 0.3) is 0 Å². The number of hydrogen-bond acceptors (Lipinski definition) is 2. The van der Waals surface area contributed by atoms with Crippen molar-refractivity contribution in [3.8, 4) is 0 Å². The van der Waals surface area contributed by atoms with Crippen LogP contribution in [-0.4, -0.2) is 11.7 Å². The van der Waals surface area contributed by atoms with Crippen LogP contribution in [0.5, 0.6) is 0 Å². The Kier molecular flexibility index (Phi) is 3.51. The molecule has 1 unspecified atom stereocenters. The molecule has 0 amide bonds. The van der Waals surface area contributed by atoms with E-state index in [-0.39, 0.29) is 12.6 Å². The SMILES string of the molecule is OCc1cc(F)c(F)cc1C1CCCCN1. The summed E-state index contributed by atoms with van der Waals surface area (Å²) < 4.78 is 26.2. The van der Waals surface area contributed by atoms with Gasteiger partial charge in [-0.3, -0.25) is 0 Å². The van der Waals surface area contributed by atoms with Gasteiger partial charge in [-0.05, 0) is 42.6 Å². The van der Waals surface area contributed by atoms with Gasteiger partial charge in [-0.15, -0.1) is 0 Å². The Bertz CT molecular complexity index is 376. The lowest BCUT2D eigenvalue weighted by Gasteiger charge is -2.25. The maximum absolute atomic E-state index is 13.2. The normalized spacial score (nSPS) is 21.1. The molecule has 1 fully saturated rings. The molecule has 1 aromatic carbocycles. The zero-order valence-corrected chi connectivity index (χ0v) is 8.97. The fourth-order valence-corrected chi connectivity index (χ4v) is 2.18. The molecule has 0 saturated carbocycles. The van der Waals surface area contributed by atoms with Crippen LogP contribution in [0.3, 0.4) is 0 Å². The highest BCUT2D eigenvalue weighted by atomic mass is 19.2. The van der Waals surface area contributed by atoms with Crippen LogP contribution in [0, 0.1) is 11.6 Å². The molecule has 1 heterocycles. The topological polar surface area (TPSA) is 32.3 Å². The van der Waals surface area contributed by atoms with Gasteiger partial charge >= 0.3 is 0 Å². The molecular weight excluding hydrogens is 212 g/mol. The molecule has 0 aliphatic carbocycles. The minimum absolute atomic E-state index is 0.0333. The Morgan fingerprint density at radius 1 is 1.25 bits per heavy atom. The lowest BCUT2D eigenvalue weighted by molar-refractivity contribution is 0.276. The third-order valence-electron chi connectivity index (χ3n) is 3.04. The Balaban J connectivity index is 2.33. The van der Waals surface area contributed by atoms with E-state index in [1.807, 2.05) is 0 Å². The van der Waals surface area contributed by atoms with Gasteiger partial charge in [0.1, 0.15) is 0 Å². The summed E-state index contributed by atoms with van der Waals surface area (Å²) in [7, 11) is 0. The first-order valence-electron chi connectivity index (χ1n) is 5.54. The minimum Gasteiger partial charge on any atom is -0.392 e. The van der Waals surface area contributed by atoms with Crippen LogP contribution >= 0.6 is 0 Å². The fraction of sp³-hybridized carbons (Fsp3) is 0.500. The number of halogens is 2. The lowest BCUT2D eigenvalue weighted by atomic mass is 9.93. The highest BCUT2D eigenvalue weighted by Crippen LogP contribution is 2.27. The van der Waals surface area contributed by atoms with E-state index in [1.54, 1.807) is 0 Å². The highest BCUT2D eigenvalue weighted by Gasteiger charge is 2.19. The molecule has 0 aromatic heterocycles. The van der Waals surface area contributed by atoms with Crippen molar-refractivity contribution in [2.75, 3.05) is 6.54 Å². The molecule has 16 heavy (non-hydrogen) atoms. The van der Waals surface area contributed by atoms with Crippen molar-refractivity contribution in [1.29, 1.82) is 0 Å². The van der Waals surface area contributed by atoms with Crippen molar-refractivity contribution in [2.24, 2.45) is 0 Å². The highest BCUT2D eigenvalue weighted by molar-refractivity contribution is 5.31. The predicted molar refractivity (Wildman–Crippen MR) is 56.9 cm³/mol. The summed E-state index contributed by atoms with van der Waals surface area (Å²) in [6.07, 6.45) is 3.08. The number of aliphatic hydroxyl groups is 1. The Morgan fingerprint density at radius 3 is 2.62 bits per heavy atom. The number of benzene rings is 1. The Morgan fingerprint density at radius 2 is 2.00 bits per heavy atom. The molecule has 88 valence electrons. The molecule has 2 rings (SSSR count). The number of aliphatic hydroxyl groups excluding tert-OH is 1. The molecule has 2 nitrogen and oxygen atoms in total. The first-order valence-corrected chi connectivity index (χ1v) is 5.54. The zero-order chi connectivity index (χ0) is 11.5. The van der Waals surface area contributed by atoms with E-state index in [0.29, 0.717) is 11.1 Å². The molecule has 2 N–H and O–H groups in total. The van der Waals surface area contributed by atoms with E-state index in [0.717, 1.165) is 31.9 Å². The average Bonchev–Trinajstić information content (AvgIpc) is 2.33. The van der Waals surface area contributed by atoms with Crippen molar-refractivity contribution < 1.29 is 13.9 Å². The second-order valence-electron chi connectivity index (χ2n) is 4.13. The van der Waals surface area contributed by atoms with Gasteiger partial charge in [-0.1, -0.05) is 6.42 Å². The zero-order valence-electron chi connectivity index (χ0n) is 8.97. The Labute approximate surface area is 93.3 Å². The van der Waals surface area contributed by atoms with Crippen molar-refractivity contribution in [3.05, 3.63) is 34.9 Å². The van der Waals surface area contributed by atoms with Gasteiger partial charge in [0.05, 0.1) is 6.61 Å². The predicted octanol–water partition coefficient (Wildman–Crippen LogP) is 2.27. The van der Waals surface area contributed by atoms with Crippen molar-refractivity contribution in [1.82, 2.24) is 5.32 Å². The average molecular weight is 227 g/mol. The van der Waals surface area contributed by atoms with Gasteiger partial charge in [-0.25, -0.2) is 8.78 Å². The summed E-state index contributed by atoms with van der Waals surface area (Å²) in [5.41, 5.74) is 1.15. The van der Waals surface area contributed by atoms with Gasteiger partial charge in [-0.2, -0.15) is 0 Å². The number of nitrogens with one attached hydrogen (secondary N) is 1. The largest absolute Gasteiger partial charge is 0.392 e. The molecule has 0 bridgehead atoms. The fourth-order valence-electron chi connectivity index (χ4n) is 2.18. The van der Waals surface area contributed by atoms with Crippen LogP contribution in [0.2, 0.25) is 0 Å². The Hall–Kier alpha value is -1.00. The van der Waals surface area contributed by atoms with E-state index >= 15 is 0 Å². The van der Waals surface area contributed by atoms with Crippen LogP contribution in [0.4, 0.5) is 8.78 Å². The van der Waals surface area contributed by atoms with Gasteiger partial charge in [0.15, 0.2) is 11.6 Å². The first-order chi connectivity index (χ1) is 7.72. The number of hydrogen-bond donors (Lipinski definition) is 2. The van der Waals surface area contributed by atoms with Gasteiger partial charge in [0.2, 0.25) is 0 Å². The van der Waals surface area contributed by atoms with Crippen molar-refractivity contribution >= 4 is 0 Å². The first kappa shape index (κ1) is 11.5. The minimum atomic E-state index is -0.899. The second-order valence-corrected chi connectivity index (χ2v) is 4.13. The molecule has 1 atom stereocenters. The van der Waals surface area contributed by atoms with Crippen molar-refractivity contribution in [2.45, 2.75) is 31.9 Å². The molecule has 1 saturated heterocycles. The number of rotatable bonds is 2. The summed E-state index contributed by atoms with van der Waals surface area (Å²) in [5.74, 6) is -1.75. The van der Waals surface area contributed by atoms with Crippen molar-refractivity contribution in [3.63, 3.8) is 0 Å². The molecule has 1 aliphatic rings. The molecule has 0 spiro atoms. The van der Waals surface area contributed by atoms with E-state index in [2.05, 4.69) is 5.32 Å². The standard InChI is InChI=1S/C12H15F2NO/c13-10-5-8(7-16)9(6-11(10)14)12-3-1-2-4-15-12/h5-6,12,15-16H,1-4,7H2. The quantitative estimate of drug-likeness (QED) is 0.812. The smallest absolute Gasteiger partial charge is 0.159 e. The second kappa shape index (κ2) is 4.89. The molecular formula is C12H15F2NO. The maximum atomic E-state index is 13.2. The summed E-state index contributed by atoms with van der Waals surface area (Å²) in [6, 6.07) is 2.32. The van der Waals surface area contributed by atoms with E-state index in [1.165, 1.54) is 6.07 Å². The number of piperidine rings is 1. The van der Waals surface area contributed by atoms with Crippen LogP contribution < -0.4 is 5.32 Å². The summed E-state index contributed by atoms with van der Waals surface area (Å²) in [4.78, 5) is 0. The maximum Gasteiger partial charge on any atom is 0.159 e. The van der Waals surface area contributed by atoms with E-state index in [4.69, 9.17) is 5.11 Å². The van der Waals surface area contributed by atoms with Crippen LogP contribution in [0.15, 0.2) is 12.1 Å².